The van der Waals surface area contributed by atoms with Crippen molar-refractivity contribution in [2.24, 2.45) is 0 Å². The number of ether oxygens (including phenoxy) is 3. The Morgan fingerprint density at radius 3 is 2.35 bits per heavy atom. The Balaban J connectivity index is 2.30. The second-order valence-corrected chi connectivity index (χ2v) is 5.43. The van der Waals surface area contributed by atoms with Crippen LogP contribution in [0.2, 0.25) is 0 Å². The highest BCUT2D eigenvalue weighted by molar-refractivity contribution is 5.49. The van der Waals surface area contributed by atoms with Crippen LogP contribution in [0.5, 0.6) is 11.5 Å². The molecular formula is C15H22O8. The minimum atomic E-state index is -1.54. The van der Waals surface area contributed by atoms with Gasteiger partial charge in [-0.1, -0.05) is 0 Å². The molecule has 0 aliphatic carbocycles. The normalized spacial score (nSPS) is 31.0. The average Bonchev–Trinajstić information content (AvgIpc) is 2.55. The highest BCUT2D eigenvalue weighted by Crippen LogP contribution is 2.35. The molecule has 23 heavy (non-hydrogen) atoms. The van der Waals surface area contributed by atoms with Gasteiger partial charge in [-0.25, -0.2) is 0 Å². The summed E-state index contributed by atoms with van der Waals surface area (Å²) < 4.78 is 16.1. The van der Waals surface area contributed by atoms with Crippen LogP contribution in [0.25, 0.3) is 0 Å². The van der Waals surface area contributed by atoms with E-state index in [4.69, 9.17) is 14.2 Å². The zero-order valence-corrected chi connectivity index (χ0v) is 12.9. The lowest BCUT2D eigenvalue weighted by Gasteiger charge is -2.39. The fraction of sp³-hybridized carbons (Fsp3) is 0.600. The topological polar surface area (TPSA) is 129 Å². The summed E-state index contributed by atoms with van der Waals surface area (Å²) in [6.07, 6.45) is -6.96. The van der Waals surface area contributed by atoms with E-state index in [0.717, 1.165) is 5.56 Å². The van der Waals surface area contributed by atoms with Gasteiger partial charge < -0.3 is 39.7 Å². The van der Waals surface area contributed by atoms with Crippen LogP contribution >= 0.6 is 0 Å². The third-order valence-electron chi connectivity index (χ3n) is 3.75. The Morgan fingerprint density at radius 2 is 1.78 bits per heavy atom. The number of methoxy groups -OCH3 is 1. The van der Waals surface area contributed by atoms with Crippen molar-refractivity contribution < 1.29 is 39.7 Å². The van der Waals surface area contributed by atoms with Crippen molar-refractivity contribution in [1.29, 1.82) is 0 Å². The van der Waals surface area contributed by atoms with Gasteiger partial charge in [-0.05, 0) is 24.6 Å². The average molecular weight is 330 g/mol. The molecule has 1 heterocycles. The fourth-order valence-corrected chi connectivity index (χ4v) is 2.50. The van der Waals surface area contributed by atoms with Crippen LogP contribution in [-0.4, -0.2) is 70.0 Å². The van der Waals surface area contributed by atoms with Crippen LogP contribution in [0.3, 0.4) is 0 Å². The van der Waals surface area contributed by atoms with Crippen LogP contribution in [0.4, 0.5) is 0 Å². The first-order valence-corrected chi connectivity index (χ1v) is 7.18. The highest BCUT2D eigenvalue weighted by atomic mass is 16.7. The molecule has 8 nitrogen and oxygen atoms in total. The summed E-state index contributed by atoms with van der Waals surface area (Å²) in [6, 6.07) is 3.36. The van der Waals surface area contributed by atoms with E-state index >= 15 is 0 Å². The van der Waals surface area contributed by atoms with Gasteiger partial charge in [0.2, 0.25) is 6.29 Å². The van der Waals surface area contributed by atoms with Gasteiger partial charge in [0, 0.05) is 5.56 Å². The van der Waals surface area contributed by atoms with Crippen LogP contribution in [0, 0.1) is 6.92 Å². The van der Waals surface area contributed by atoms with Gasteiger partial charge in [-0.3, -0.25) is 0 Å². The van der Waals surface area contributed by atoms with Gasteiger partial charge in [0.05, 0.1) is 20.3 Å². The summed E-state index contributed by atoms with van der Waals surface area (Å²) in [5, 5.41) is 48.2. The Labute approximate surface area is 133 Å². The molecule has 0 aromatic heterocycles. The van der Waals surface area contributed by atoms with Gasteiger partial charge in [-0.15, -0.1) is 0 Å². The maximum atomic E-state index is 10.0. The van der Waals surface area contributed by atoms with Crippen molar-refractivity contribution in [2.45, 2.75) is 44.2 Å². The van der Waals surface area contributed by atoms with Crippen molar-refractivity contribution in [3.8, 4) is 11.5 Å². The van der Waals surface area contributed by atoms with Crippen molar-refractivity contribution in [3.05, 3.63) is 23.3 Å². The predicted molar refractivity (Wildman–Crippen MR) is 78.0 cm³/mol. The minimum Gasteiger partial charge on any atom is -0.493 e. The van der Waals surface area contributed by atoms with Gasteiger partial charge in [0.25, 0.3) is 0 Å². The van der Waals surface area contributed by atoms with Gasteiger partial charge in [0.1, 0.15) is 24.4 Å². The Hall–Kier alpha value is -1.42. The molecule has 5 unspecified atom stereocenters. The molecule has 5 N–H and O–H groups in total. The Bertz CT molecular complexity index is 507. The minimum absolute atomic E-state index is 0.157. The van der Waals surface area contributed by atoms with E-state index in [1.807, 2.05) is 6.92 Å². The Morgan fingerprint density at radius 1 is 1.09 bits per heavy atom. The zero-order valence-electron chi connectivity index (χ0n) is 12.9. The molecule has 5 atom stereocenters. The summed E-state index contributed by atoms with van der Waals surface area (Å²) in [6.45, 7) is 0.937. The lowest BCUT2D eigenvalue weighted by atomic mass is 9.99. The number of hydrogen-bond acceptors (Lipinski definition) is 8. The van der Waals surface area contributed by atoms with Gasteiger partial charge in [-0.2, -0.15) is 0 Å². The molecule has 1 aliphatic heterocycles. The molecule has 1 aliphatic rings. The van der Waals surface area contributed by atoms with Crippen molar-refractivity contribution >= 4 is 0 Å². The molecule has 1 fully saturated rings. The van der Waals surface area contributed by atoms with E-state index in [9.17, 15) is 25.5 Å². The molecule has 0 saturated carbocycles. The zero-order chi connectivity index (χ0) is 17.1. The molecular weight excluding hydrogens is 308 g/mol. The smallest absolute Gasteiger partial charge is 0.229 e. The van der Waals surface area contributed by atoms with Crippen molar-refractivity contribution in [2.75, 3.05) is 13.7 Å². The van der Waals surface area contributed by atoms with E-state index in [-0.39, 0.29) is 12.4 Å². The van der Waals surface area contributed by atoms with E-state index in [0.29, 0.717) is 11.3 Å². The second kappa shape index (κ2) is 7.43. The second-order valence-electron chi connectivity index (χ2n) is 5.43. The van der Waals surface area contributed by atoms with E-state index < -0.39 is 37.3 Å². The number of benzene rings is 1. The molecule has 0 radical (unpaired) electrons. The Kier molecular flexibility index (Phi) is 5.79. The summed E-state index contributed by atoms with van der Waals surface area (Å²) in [7, 11) is 1.43. The summed E-state index contributed by atoms with van der Waals surface area (Å²) in [5.41, 5.74) is 1.26. The number of aryl methyl sites for hydroxylation is 1. The lowest BCUT2D eigenvalue weighted by Crippen LogP contribution is -2.60. The third kappa shape index (κ3) is 3.57. The monoisotopic (exact) mass is 330 g/mol. The maximum absolute atomic E-state index is 10.0. The number of aliphatic hydroxyl groups excluding tert-OH is 5. The summed E-state index contributed by atoms with van der Waals surface area (Å²) in [4.78, 5) is 0. The fourth-order valence-electron chi connectivity index (χ4n) is 2.50. The molecule has 1 saturated heterocycles. The highest BCUT2D eigenvalue weighted by Gasteiger charge is 2.45. The molecule has 2 rings (SSSR count). The number of hydrogen-bond donors (Lipinski definition) is 5. The largest absolute Gasteiger partial charge is 0.493 e. The van der Waals surface area contributed by atoms with E-state index in [1.54, 1.807) is 12.1 Å². The number of rotatable bonds is 5. The first kappa shape index (κ1) is 17.9. The first-order valence-electron chi connectivity index (χ1n) is 7.18. The quantitative estimate of drug-likeness (QED) is 0.449. The molecule has 0 bridgehead atoms. The first-order chi connectivity index (χ1) is 10.9. The molecule has 0 spiro atoms. The van der Waals surface area contributed by atoms with Gasteiger partial charge in [0.15, 0.2) is 11.5 Å². The van der Waals surface area contributed by atoms with Crippen LogP contribution in [0.1, 0.15) is 11.1 Å². The molecule has 130 valence electrons. The third-order valence-corrected chi connectivity index (χ3v) is 3.75. The van der Waals surface area contributed by atoms with Crippen molar-refractivity contribution in [3.63, 3.8) is 0 Å². The van der Waals surface area contributed by atoms with Crippen LogP contribution in [-0.2, 0) is 11.3 Å². The van der Waals surface area contributed by atoms with Crippen LogP contribution < -0.4 is 9.47 Å². The van der Waals surface area contributed by atoms with Crippen molar-refractivity contribution in [1.82, 2.24) is 0 Å². The summed E-state index contributed by atoms with van der Waals surface area (Å²) in [5.74, 6) is 0.482. The van der Waals surface area contributed by atoms with Gasteiger partial charge >= 0.3 is 0 Å². The van der Waals surface area contributed by atoms with Crippen LogP contribution in [0.15, 0.2) is 12.1 Å². The molecule has 1 aromatic carbocycles. The maximum Gasteiger partial charge on any atom is 0.229 e. The standard InChI is InChI=1S/C15H22O8/c1-7-3-8(5-16)14(9(4-7)21-2)23-15-13(20)12(19)11(18)10(6-17)22-15/h3-4,10-13,15-20H,5-6H2,1-2H3. The number of aliphatic hydroxyl groups is 5. The SMILES string of the molecule is COc1cc(C)cc(CO)c1OC1OC(CO)C(O)C(O)C1O. The summed E-state index contributed by atoms with van der Waals surface area (Å²) >= 11 is 0. The van der Waals surface area contributed by atoms with E-state index in [2.05, 4.69) is 0 Å². The molecule has 8 heteroatoms. The molecule has 0 amide bonds. The molecule has 1 aromatic rings. The lowest BCUT2D eigenvalue weighted by molar-refractivity contribution is -0.277. The predicted octanol–water partition coefficient (Wildman–Crippen LogP) is -1.33. The van der Waals surface area contributed by atoms with E-state index in [1.165, 1.54) is 7.11 Å².